The van der Waals surface area contributed by atoms with Crippen molar-refractivity contribution in [3.63, 3.8) is 0 Å². The Balaban J connectivity index is 1.82. The molecule has 0 spiro atoms. The molecule has 0 radical (unpaired) electrons. The van der Waals surface area contributed by atoms with Crippen molar-refractivity contribution in [1.29, 1.82) is 0 Å². The number of hydrogen-bond acceptors (Lipinski definition) is 4. The molecule has 1 unspecified atom stereocenters. The molecule has 0 amide bonds. The first-order valence-electron chi connectivity index (χ1n) is 6.53. The summed E-state index contributed by atoms with van der Waals surface area (Å²) in [5, 5.41) is 3.30. The van der Waals surface area contributed by atoms with Gasteiger partial charge in [0, 0.05) is 18.3 Å². The molecule has 4 nitrogen and oxygen atoms in total. The van der Waals surface area contributed by atoms with Gasteiger partial charge in [-0.25, -0.2) is 4.98 Å². The molecule has 0 saturated carbocycles. The van der Waals surface area contributed by atoms with E-state index in [1.54, 1.807) is 6.20 Å². The van der Waals surface area contributed by atoms with E-state index in [1.165, 1.54) is 5.57 Å². The van der Waals surface area contributed by atoms with E-state index in [0.29, 0.717) is 6.61 Å². The molecule has 3 rings (SSSR count). The summed E-state index contributed by atoms with van der Waals surface area (Å²) in [7, 11) is 0. The minimum atomic E-state index is 0.249. The van der Waals surface area contributed by atoms with E-state index >= 15 is 0 Å². The number of aromatic nitrogens is 1. The molecule has 0 aliphatic carbocycles. The number of rotatable bonds is 3. The van der Waals surface area contributed by atoms with E-state index in [0.717, 1.165) is 44.0 Å². The van der Waals surface area contributed by atoms with Crippen LogP contribution in [0.5, 0.6) is 5.88 Å². The second-order valence-electron chi connectivity index (χ2n) is 4.64. The maximum absolute atomic E-state index is 6.00. The molecule has 96 valence electrons. The van der Waals surface area contributed by atoms with Gasteiger partial charge in [-0.15, -0.1) is 0 Å². The largest absolute Gasteiger partial charge is 0.473 e. The first kappa shape index (κ1) is 11.7. The molecular formula is C14H18N2O2. The van der Waals surface area contributed by atoms with Crippen LogP contribution in [-0.2, 0) is 4.74 Å². The Hall–Kier alpha value is -1.39. The predicted octanol–water partition coefficient (Wildman–Crippen LogP) is 1.63. The Kier molecular flexibility index (Phi) is 3.57. The lowest BCUT2D eigenvalue weighted by Crippen LogP contribution is -2.20. The van der Waals surface area contributed by atoms with Crippen LogP contribution < -0.4 is 10.1 Å². The van der Waals surface area contributed by atoms with Crippen molar-refractivity contribution >= 4 is 5.57 Å². The SMILES string of the molecule is C1=C(c2cccnc2OC2CCNC2)CCOC1. The summed E-state index contributed by atoms with van der Waals surface area (Å²) in [6.07, 6.45) is 6.16. The normalized spacial score (nSPS) is 23.8. The van der Waals surface area contributed by atoms with Crippen molar-refractivity contribution in [1.82, 2.24) is 10.3 Å². The van der Waals surface area contributed by atoms with Crippen LogP contribution in [0.1, 0.15) is 18.4 Å². The maximum Gasteiger partial charge on any atom is 0.221 e. The second kappa shape index (κ2) is 5.50. The third-order valence-electron chi connectivity index (χ3n) is 3.37. The van der Waals surface area contributed by atoms with Crippen LogP contribution in [0.4, 0.5) is 0 Å². The summed E-state index contributed by atoms with van der Waals surface area (Å²) in [4.78, 5) is 4.39. The average molecular weight is 246 g/mol. The van der Waals surface area contributed by atoms with Gasteiger partial charge in [0.2, 0.25) is 5.88 Å². The lowest BCUT2D eigenvalue weighted by Gasteiger charge is -2.18. The van der Waals surface area contributed by atoms with E-state index in [2.05, 4.69) is 22.4 Å². The van der Waals surface area contributed by atoms with Crippen molar-refractivity contribution in [2.45, 2.75) is 18.9 Å². The molecule has 2 aliphatic rings. The molecule has 1 fully saturated rings. The van der Waals surface area contributed by atoms with Crippen molar-refractivity contribution in [3.05, 3.63) is 30.0 Å². The van der Waals surface area contributed by atoms with E-state index in [1.807, 2.05) is 6.07 Å². The van der Waals surface area contributed by atoms with Crippen LogP contribution >= 0.6 is 0 Å². The minimum Gasteiger partial charge on any atom is -0.473 e. The molecule has 1 aromatic heterocycles. The topological polar surface area (TPSA) is 43.4 Å². The van der Waals surface area contributed by atoms with Gasteiger partial charge in [-0.05, 0) is 37.1 Å². The van der Waals surface area contributed by atoms with Crippen LogP contribution in [-0.4, -0.2) is 37.4 Å². The van der Waals surface area contributed by atoms with Gasteiger partial charge in [-0.2, -0.15) is 0 Å². The van der Waals surface area contributed by atoms with Crippen LogP contribution in [0.25, 0.3) is 5.57 Å². The first-order chi connectivity index (χ1) is 8.93. The Labute approximate surface area is 107 Å². The molecule has 1 atom stereocenters. The van der Waals surface area contributed by atoms with Gasteiger partial charge in [-0.3, -0.25) is 0 Å². The van der Waals surface area contributed by atoms with E-state index in [4.69, 9.17) is 9.47 Å². The molecule has 4 heteroatoms. The highest BCUT2D eigenvalue weighted by molar-refractivity contribution is 5.69. The number of nitrogens with one attached hydrogen (secondary N) is 1. The lowest BCUT2D eigenvalue weighted by atomic mass is 10.0. The second-order valence-corrected chi connectivity index (χ2v) is 4.64. The third kappa shape index (κ3) is 2.54. The zero-order chi connectivity index (χ0) is 12.2. The summed E-state index contributed by atoms with van der Waals surface area (Å²) in [6.45, 7) is 3.42. The number of nitrogens with zero attached hydrogens (tertiary/aromatic N) is 1. The third-order valence-corrected chi connectivity index (χ3v) is 3.37. The molecule has 3 heterocycles. The molecular weight excluding hydrogens is 228 g/mol. The Morgan fingerprint density at radius 3 is 3.22 bits per heavy atom. The van der Waals surface area contributed by atoms with E-state index in [-0.39, 0.29) is 6.10 Å². The van der Waals surface area contributed by atoms with Gasteiger partial charge in [0.05, 0.1) is 13.2 Å². The molecule has 1 N–H and O–H groups in total. The smallest absolute Gasteiger partial charge is 0.221 e. The summed E-state index contributed by atoms with van der Waals surface area (Å²) in [6, 6.07) is 4.05. The molecule has 2 aliphatic heterocycles. The zero-order valence-electron chi connectivity index (χ0n) is 10.4. The fraction of sp³-hybridized carbons (Fsp3) is 0.500. The highest BCUT2D eigenvalue weighted by atomic mass is 16.5. The fourth-order valence-electron chi connectivity index (χ4n) is 2.39. The monoisotopic (exact) mass is 246 g/mol. The first-order valence-corrected chi connectivity index (χ1v) is 6.53. The molecule has 1 saturated heterocycles. The zero-order valence-corrected chi connectivity index (χ0v) is 10.4. The van der Waals surface area contributed by atoms with Gasteiger partial charge in [0.15, 0.2) is 0 Å². The van der Waals surface area contributed by atoms with Crippen molar-refractivity contribution in [2.75, 3.05) is 26.3 Å². The summed E-state index contributed by atoms with van der Waals surface area (Å²) in [5.41, 5.74) is 2.41. The summed E-state index contributed by atoms with van der Waals surface area (Å²) in [5.74, 6) is 0.763. The molecule has 0 bridgehead atoms. The van der Waals surface area contributed by atoms with Gasteiger partial charge in [0.25, 0.3) is 0 Å². The van der Waals surface area contributed by atoms with E-state index in [9.17, 15) is 0 Å². The predicted molar refractivity (Wildman–Crippen MR) is 69.6 cm³/mol. The summed E-state index contributed by atoms with van der Waals surface area (Å²) < 4.78 is 11.4. The Bertz CT molecular complexity index is 439. The van der Waals surface area contributed by atoms with Gasteiger partial charge < -0.3 is 14.8 Å². The fourth-order valence-corrected chi connectivity index (χ4v) is 2.39. The van der Waals surface area contributed by atoms with Gasteiger partial charge >= 0.3 is 0 Å². The van der Waals surface area contributed by atoms with Crippen LogP contribution in [0.3, 0.4) is 0 Å². The minimum absolute atomic E-state index is 0.249. The number of pyridine rings is 1. The number of hydrogen-bond donors (Lipinski definition) is 1. The Morgan fingerprint density at radius 1 is 1.44 bits per heavy atom. The van der Waals surface area contributed by atoms with Crippen molar-refractivity contribution in [2.24, 2.45) is 0 Å². The molecule has 18 heavy (non-hydrogen) atoms. The highest BCUT2D eigenvalue weighted by Gasteiger charge is 2.19. The number of ether oxygens (including phenoxy) is 2. The van der Waals surface area contributed by atoms with Crippen LogP contribution in [0, 0.1) is 0 Å². The average Bonchev–Trinajstić information content (AvgIpc) is 2.93. The van der Waals surface area contributed by atoms with Crippen LogP contribution in [0.15, 0.2) is 24.4 Å². The van der Waals surface area contributed by atoms with Gasteiger partial charge in [0.1, 0.15) is 6.10 Å². The van der Waals surface area contributed by atoms with Gasteiger partial charge in [-0.1, -0.05) is 6.08 Å². The standard InChI is InChI=1S/C14H18N2O2/c1-2-13(11-4-8-17-9-5-11)14(16-6-1)18-12-3-7-15-10-12/h1-2,4,6,12,15H,3,5,7-10H2. The molecule has 0 aromatic carbocycles. The highest BCUT2D eigenvalue weighted by Crippen LogP contribution is 2.28. The Morgan fingerprint density at radius 2 is 2.44 bits per heavy atom. The van der Waals surface area contributed by atoms with Crippen LogP contribution in [0.2, 0.25) is 0 Å². The van der Waals surface area contributed by atoms with Crippen molar-refractivity contribution < 1.29 is 9.47 Å². The lowest BCUT2D eigenvalue weighted by molar-refractivity contribution is 0.161. The maximum atomic E-state index is 6.00. The molecule has 1 aromatic rings. The van der Waals surface area contributed by atoms with Crippen molar-refractivity contribution in [3.8, 4) is 5.88 Å². The van der Waals surface area contributed by atoms with E-state index < -0.39 is 0 Å². The quantitative estimate of drug-likeness (QED) is 0.880. The summed E-state index contributed by atoms with van der Waals surface area (Å²) >= 11 is 0.